The van der Waals surface area contributed by atoms with Gasteiger partial charge >= 0.3 is 0 Å². The molecule has 0 N–H and O–H groups in total. The average molecular weight is 609 g/mol. The van der Waals surface area contributed by atoms with E-state index in [0.29, 0.717) is 29.6 Å². The minimum atomic E-state index is -4.16. The molecule has 1 aliphatic rings. The standard InChI is InChI=1S/C33H57N2O6P/c1-35(2,3)27-29-41-42(38,39)40-28-19-17-15-13-11-9-7-5-4-6-8-10-12-14-16-18-20-30-21-23-31(24-22-30)33(37)34-26-25-32(34)36/h21-24H,4-20,25-29H2,1-3H3. The number of imide groups is 1. The molecule has 240 valence electrons. The summed E-state index contributed by atoms with van der Waals surface area (Å²) >= 11 is 0. The number of hydrogen-bond donors (Lipinski definition) is 0. The van der Waals surface area contributed by atoms with Gasteiger partial charge in [-0.2, -0.15) is 0 Å². The van der Waals surface area contributed by atoms with Gasteiger partial charge in [-0.15, -0.1) is 0 Å². The molecule has 0 radical (unpaired) electrons. The molecule has 1 aliphatic heterocycles. The summed E-state index contributed by atoms with van der Waals surface area (Å²) in [6, 6.07) is 7.76. The second kappa shape index (κ2) is 20.4. The molecule has 1 aromatic rings. The first-order valence-corrected chi connectivity index (χ1v) is 17.9. The summed E-state index contributed by atoms with van der Waals surface area (Å²) in [4.78, 5) is 36.7. The van der Waals surface area contributed by atoms with Crippen LogP contribution < -0.4 is 4.89 Å². The fourth-order valence-corrected chi connectivity index (χ4v) is 5.78. The van der Waals surface area contributed by atoms with Gasteiger partial charge in [0.05, 0.1) is 27.7 Å². The first-order chi connectivity index (χ1) is 20.1. The van der Waals surface area contributed by atoms with Gasteiger partial charge < -0.3 is 18.4 Å². The molecule has 1 atom stereocenters. The molecule has 1 unspecified atom stereocenters. The van der Waals surface area contributed by atoms with Crippen molar-refractivity contribution >= 4 is 19.6 Å². The fourth-order valence-electron chi connectivity index (χ4n) is 5.05. The summed E-state index contributed by atoms with van der Waals surface area (Å²) in [5, 5.41) is 0. The molecule has 0 bridgehead atoms. The zero-order valence-corrected chi connectivity index (χ0v) is 27.6. The SMILES string of the molecule is C[N+](C)(C)CCOP(=O)([O-])OCCCCCCCCCCCCCCCCCCc1ccc(C(=O)N2CCC2=O)cc1. The van der Waals surface area contributed by atoms with Crippen molar-refractivity contribution in [2.75, 3.05) is 47.4 Å². The number of amides is 2. The van der Waals surface area contributed by atoms with Crippen molar-refractivity contribution in [1.82, 2.24) is 4.90 Å². The third-order valence-electron chi connectivity index (χ3n) is 7.92. The molecule has 0 aromatic heterocycles. The van der Waals surface area contributed by atoms with E-state index >= 15 is 0 Å². The fraction of sp³-hybridized carbons (Fsp3) is 0.758. The van der Waals surface area contributed by atoms with Crippen LogP contribution in [0, 0.1) is 0 Å². The molecule has 1 heterocycles. The smallest absolute Gasteiger partial charge is 0.268 e. The second-order valence-electron chi connectivity index (χ2n) is 12.8. The van der Waals surface area contributed by atoms with E-state index in [2.05, 4.69) is 0 Å². The molecule has 1 fully saturated rings. The first-order valence-electron chi connectivity index (χ1n) is 16.4. The number of phosphoric acid groups is 1. The van der Waals surface area contributed by atoms with Crippen LogP contribution in [-0.2, 0) is 24.8 Å². The zero-order valence-electron chi connectivity index (χ0n) is 26.7. The van der Waals surface area contributed by atoms with Crippen LogP contribution in [0.3, 0.4) is 0 Å². The summed E-state index contributed by atoms with van der Waals surface area (Å²) in [6.45, 7) is 1.54. The van der Waals surface area contributed by atoms with Gasteiger partial charge in [0.15, 0.2) is 0 Å². The lowest BCUT2D eigenvalue weighted by molar-refractivity contribution is -0.870. The predicted molar refractivity (Wildman–Crippen MR) is 167 cm³/mol. The molecule has 2 rings (SSSR count). The molecular formula is C33H57N2O6P. The molecule has 0 spiro atoms. The van der Waals surface area contributed by atoms with Gasteiger partial charge in [0.2, 0.25) is 5.91 Å². The van der Waals surface area contributed by atoms with E-state index in [4.69, 9.17) is 9.05 Å². The first kappa shape index (κ1) is 36.6. The third kappa shape index (κ3) is 16.9. The average Bonchev–Trinajstić information content (AvgIpc) is 2.92. The van der Waals surface area contributed by atoms with Crippen LogP contribution in [0.4, 0.5) is 0 Å². The van der Waals surface area contributed by atoms with Gasteiger partial charge in [-0.3, -0.25) is 19.1 Å². The van der Waals surface area contributed by atoms with E-state index in [1.165, 1.54) is 93.9 Å². The van der Waals surface area contributed by atoms with Gasteiger partial charge in [0.25, 0.3) is 13.7 Å². The van der Waals surface area contributed by atoms with E-state index in [0.717, 1.165) is 25.7 Å². The number of likely N-dealkylation sites (N-methyl/N-ethyl adjacent to an activating group) is 1. The van der Waals surface area contributed by atoms with Crippen molar-refractivity contribution in [1.29, 1.82) is 0 Å². The van der Waals surface area contributed by atoms with Crippen molar-refractivity contribution in [3.63, 3.8) is 0 Å². The van der Waals surface area contributed by atoms with E-state index < -0.39 is 7.82 Å². The Morgan fingerprint density at radius 1 is 0.762 bits per heavy atom. The van der Waals surface area contributed by atoms with Crippen LogP contribution in [-0.4, -0.2) is 68.6 Å². The Bertz CT molecular complexity index is 947. The Balaban J connectivity index is 1.29. The maximum absolute atomic E-state index is 12.2. The number of hydrogen-bond acceptors (Lipinski definition) is 6. The Morgan fingerprint density at radius 2 is 1.21 bits per heavy atom. The summed E-state index contributed by atoms with van der Waals surface area (Å²) in [5.41, 5.74) is 1.87. The molecular weight excluding hydrogens is 551 g/mol. The number of carbonyl (C=O) groups is 2. The molecule has 0 aliphatic carbocycles. The lowest BCUT2D eigenvalue weighted by Gasteiger charge is -2.28. The normalized spacial score (nSPS) is 15.0. The third-order valence-corrected chi connectivity index (χ3v) is 8.91. The number of likely N-dealkylation sites (tertiary alicyclic amines) is 1. The Hall–Kier alpha value is -1.57. The number of phosphoric ester groups is 1. The van der Waals surface area contributed by atoms with Gasteiger partial charge in [-0.05, 0) is 37.0 Å². The Labute approximate surface area is 255 Å². The highest BCUT2D eigenvalue weighted by Gasteiger charge is 2.30. The van der Waals surface area contributed by atoms with Crippen molar-refractivity contribution < 1.29 is 32.6 Å². The minimum Gasteiger partial charge on any atom is -0.756 e. The number of nitrogens with zero attached hydrogens (tertiary/aromatic N) is 2. The minimum absolute atomic E-state index is 0.0706. The van der Waals surface area contributed by atoms with Crippen LogP contribution in [0.25, 0.3) is 0 Å². The van der Waals surface area contributed by atoms with Gasteiger partial charge in [0.1, 0.15) is 13.2 Å². The second-order valence-corrected chi connectivity index (χ2v) is 14.2. The van der Waals surface area contributed by atoms with Crippen molar-refractivity contribution in [2.45, 2.75) is 116 Å². The van der Waals surface area contributed by atoms with E-state index in [1.807, 2.05) is 45.4 Å². The van der Waals surface area contributed by atoms with Crippen LogP contribution in [0.2, 0.25) is 0 Å². The largest absolute Gasteiger partial charge is 0.756 e. The number of carbonyl (C=O) groups excluding carboxylic acids is 2. The van der Waals surface area contributed by atoms with Gasteiger partial charge in [-0.25, -0.2) is 0 Å². The highest BCUT2D eigenvalue weighted by Crippen LogP contribution is 2.38. The van der Waals surface area contributed by atoms with Crippen molar-refractivity contribution in [3.05, 3.63) is 35.4 Å². The Morgan fingerprint density at radius 3 is 1.64 bits per heavy atom. The van der Waals surface area contributed by atoms with E-state index in [1.54, 1.807) is 0 Å². The van der Waals surface area contributed by atoms with Crippen LogP contribution in [0.15, 0.2) is 24.3 Å². The van der Waals surface area contributed by atoms with Crippen molar-refractivity contribution in [3.8, 4) is 0 Å². The maximum atomic E-state index is 12.2. The van der Waals surface area contributed by atoms with Crippen LogP contribution in [0.5, 0.6) is 0 Å². The van der Waals surface area contributed by atoms with Crippen LogP contribution >= 0.6 is 7.82 Å². The predicted octanol–water partition coefficient (Wildman–Crippen LogP) is 7.05. The Kier molecular flexibility index (Phi) is 17.8. The molecule has 1 aromatic carbocycles. The van der Waals surface area contributed by atoms with Crippen LogP contribution in [0.1, 0.15) is 125 Å². The van der Waals surface area contributed by atoms with E-state index in [9.17, 15) is 19.0 Å². The molecule has 42 heavy (non-hydrogen) atoms. The maximum Gasteiger partial charge on any atom is 0.268 e. The topological polar surface area (TPSA) is 96.0 Å². The van der Waals surface area contributed by atoms with Crippen molar-refractivity contribution in [2.24, 2.45) is 0 Å². The number of quaternary nitrogens is 1. The summed E-state index contributed by atoms with van der Waals surface area (Å²) < 4.78 is 22.3. The number of rotatable bonds is 25. The molecule has 8 nitrogen and oxygen atoms in total. The summed E-state index contributed by atoms with van der Waals surface area (Å²) in [6.07, 6.45) is 21.2. The monoisotopic (exact) mass is 608 g/mol. The molecule has 2 amide bonds. The number of unbranched alkanes of at least 4 members (excludes halogenated alkanes) is 15. The summed E-state index contributed by atoms with van der Waals surface area (Å²) in [5.74, 6) is -0.238. The molecule has 9 heteroatoms. The number of benzene rings is 1. The lowest BCUT2D eigenvalue weighted by Crippen LogP contribution is -2.47. The van der Waals surface area contributed by atoms with Gasteiger partial charge in [0, 0.05) is 18.5 Å². The highest BCUT2D eigenvalue weighted by molar-refractivity contribution is 7.45. The quantitative estimate of drug-likeness (QED) is 0.0388. The number of aryl methyl sites for hydroxylation is 1. The van der Waals surface area contributed by atoms with Gasteiger partial charge in [-0.1, -0.05) is 102 Å². The van der Waals surface area contributed by atoms with E-state index in [-0.39, 0.29) is 25.0 Å². The lowest BCUT2D eigenvalue weighted by atomic mass is 10.0. The molecule has 0 saturated carbocycles. The highest BCUT2D eigenvalue weighted by atomic mass is 31.2. The zero-order chi connectivity index (χ0) is 30.7. The summed E-state index contributed by atoms with van der Waals surface area (Å²) in [7, 11) is 1.81. The molecule has 1 saturated heterocycles. The number of β-lactam (4-membered cyclic amide) rings is 1.